The Kier molecular flexibility index (Phi) is 3.56. The quantitative estimate of drug-likeness (QED) is 0.465. The van der Waals surface area contributed by atoms with Crippen molar-refractivity contribution < 1.29 is 9.53 Å². The number of esters is 1. The summed E-state index contributed by atoms with van der Waals surface area (Å²) in [6.45, 7) is 6.98. The maximum atomic E-state index is 11.9. The van der Waals surface area contributed by atoms with E-state index < -0.39 is 5.97 Å². The van der Waals surface area contributed by atoms with Crippen molar-refractivity contribution in [1.82, 2.24) is 0 Å². The van der Waals surface area contributed by atoms with Gasteiger partial charge in [-0.15, -0.1) is 0 Å². The van der Waals surface area contributed by atoms with E-state index in [1.54, 1.807) is 24.3 Å². The van der Waals surface area contributed by atoms with E-state index in [0.29, 0.717) is 11.1 Å². The lowest BCUT2D eigenvalue weighted by molar-refractivity contribution is 0.0736. The van der Waals surface area contributed by atoms with Gasteiger partial charge in [0.15, 0.2) is 0 Å². The van der Waals surface area contributed by atoms with E-state index >= 15 is 0 Å². The van der Waals surface area contributed by atoms with Crippen LogP contribution >= 0.6 is 0 Å². The first-order valence-electron chi connectivity index (χ1n) is 5.43. The van der Waals surface area contributed by atoms with E-state index in [4.69, 9.17) is 16.6 Å². The number of ether oxygens (including phenoxy) is 1. The molecular formula is C15H8N2O2. The monoisotopic (exact) mass is 248 g/mol. The van der Waals surface area contributed by atoms with Crippen LogP contribution in [0, 0.1) is 17.9 Å². The van der Waals surface area contributed by atoms with Gasteiger partial charge in [-0.1, -0.05) is 18.2 Å². The van der Waals surface area contributed by atoms with Gasteiger partial charge in [-0.05, 0) is 30.3 Å². The number of hydrogen-bond donors (Lipinski definition) is 0. The molecule has 0 aromatic heterocycles. The third-order valence-electron chi connectivity index (χ3n) is 2.44. The largest absolute Gasteiger partial charge is 0.435 e. The summed E-state index contributed by atoms with van der Waals surface area (Å²) in [6, 6.07) is 14.6. The topological polar surface area (TPSA) is 54.5 Å². The van der Waals surface area contributed by atoms with Gasteiger partial charge in [0.25, 0.3) is 0 Å². The highest BCUT2D eigenvalue weighted by molar-refractivity contribution is 5.91. The number of nitrogens with zero attached hydrogens (tertiary/aromatic N) is 2. The average Bonchev–Trinajstić information content (AvgIpc) is 2.48. The second kappa shape index (κ2) is 5.48. The highest BCUT2D eigenvalue weighted by Crippen LogP contribution is 2.27. The summed E-state index contributed by atoms with van der Waals surface area (Å²) >= 11 is 0. The molecule has 2 rings (SSSR count). The summed E-state index contributed by atoms with van der Waals surface area (Å²) in [4.78, 5) is 15.1. The van der Waals surface area contributed by atoms with Crippen molar-refractivity contribution in [3.05, 3.63) is 71.1 Å². The number of carbonyl (C=O) groups excluding carboxylic acids is 1. The maximum absolute atomic E-state index is 11.9. The van der Waals surface area contributed by atoms with Gasteiger partial charge in [0.1, 0.15) is 5.75 Å². The van der Waals surface area contributed by atoms with Crippen molar-refractivity contribution in [3.8, 4) is 11.8 Å². The van der Waals surface area contributed by atoms with E-state index in [-0.39, 0.29) is 11.4 Å². The molecule has 0 aliphatic heterocycles. The van der Waals surface area contributed by atoms with Crippen molar-refractivity contribution in [2.45, 2.75) is 0 Å². The lowest BCUT2D eigenvalue weighted by Crippen LogP contribution is -2.08. The Balaban J connectivity index is 2.21. The molecule has 0 heterocycles. The fraction of sp³-hybridized carbons (Fsp3) is 0. The summed E-state index contributed by atoms with van der Waals surface area (Å²) in [5.41, 5.74) is 1.08. The van der Waals surface area contributed by atoms with Gasteiger partial charge in [0.2, 0.25) is 5.69 Å². The van der Waals surface area contributed by atoms with Gasteiger partial charge in [-0.25, -0.2) is 9.64 Å². The predicted octanol–water partition coefficient (Wildman–Crippen LogP) is 3.33. The van der Waals surface area contributed by atoms with E-state index in [1.165, 1.54) is 24.3 Å². The van der Waals surface area contributed by atoms with Crippen LogP contribution in [-0.2, 0) is 0 Å². The van der Waals surface area contributed by atoms with Crippen LogP contribution in [-0.4, -0.2) is 5.97 Å². The molecule has 0 atom stereocenters. The second-order valence-corrected chi connectivity index (χ2v) is 3.66. The van der Waals surface area contributed by atoms with Gasteiger partial charge < -0.3 is 4.74 Å². The van der Waals surface area contributed by atoms with Crippen LogP contribution in [0.2, 0.25) is 0 Å². The number of hydrogen-bond acceptors (Lipinski definition) is 3. The van der Waals surface area contributed by atoms with E-state index in [0.717, 1.165) is 0 Å². The minimum atomic E-state index is -0.555. The predicted molar refractivity (Wildman–Crippen MR) is 68.8 cm³/mol. The van der Waals surface area contributed by atoms with Gasteiger partial charge in [0.05, 0.1) is 23.8 Å². The Morgan fingerprint density at radius 1 is 1.16 bits per heavy atom. The lowest BCUT2D eigenvalue weighted by atomic mass is 10.1. The summed E-state index contributed by atoms with van der Waals surface area (Å²) in [7, 11) is 0. The van der Waals surface area contributed by atoms with Gasteiger partial charge in [-0.3, -0.25) is 0 Å². The molecule has 2 aromatic carbocycles. The van der Waals surface area contributed by atoms with Crippen LogP contribution in [0.5, 0.6) is 5.75 Å². The number of para-hydroxylation sites is 2. The molecule has 0 fully saturated rings. The summed E-state index contributed by atoms with van der Waals surface area (Å²) < 4.78 is 5.16. The molecule has 4 nitrogen and oxygen atoms in total. The molecule has 0 N–H and O–H groups in total. The molecule has 19 heavy (non-hydrogen) atoms. The zero-order valence-electron chi connectivity index (χ0n) is 9.83. The Hall–Kier alpha value is -3.11. The van der Waals surface area contributed by atoms with Crippen molar-refractivity contribution in [2.75, 3.05) is 0 Å². The second-order valence-electron chi connectivity index (χ2n) is 3.66. The smallest absolute Gasteiger partial charge is 0.342 e. The highest BCUT2D eigenvalue weighted by atomic mass is 16.5. The van der Waals surface area contributed by atoms with E-state index in [2.05, 4.69) is 4.85 Å². The summed E-state index contributed by atoms with van der Waals surface area (Å²) in [5.74, 6) is -0.326. The van der Waals surface area contributed by atoms with Crippen molar-refractivity contribution in [2.24, 2.45) is 0 Å². The molecular weight excluding hydrogens is 240 g/mol. The van der Waals surface area contributed by atoms with Crippen molar-refractivity contribution in [3.63, 3.8) is 0 Å². The third kappa shape index (κ3) is 2.77. The van der Waals surface area contributed by atoms with Crippen LogP contribution in [0.15, 0.2) is 48.5 Å². The van der Waals surface area contributed by atoms with Crippen LogP contribution < -0.4 is 4.74 Å². The fourth-order valence-corrected chi connectivity index (χ4v) is 1.48. The van der Waals surface area contributed by atoms with Gasteiger partial charge in [-0.2, -0.15) is 5.26 Å². The zero-order valence-corrected chi connectivity index (χ0v) is 9.83. The Morgan fingerprint density at radius 3 is 2.47 bits per heavy atom. The Morgan fingerprint density at radius 2 is 1.84 bits per heavy atom. The Bertz CT molecular complexity index is 691. The number of benzene rings is 2. The summed E-state index contributed by atoms with van der Waals surface area (Å²) in [6.07, 6.45) is 0. The first-order chi connectivity index (χ1) is 9.24. The number of rotatable bonds is 2. The molecule has 0 bridgehead atoms. The minimum absolute atomic E-state index is 0.229. The third-order valence-corrected chi connectivity index (χ3v) is 2.44. The lowest BCUT2D eigenvalue weighted by Gasteiger charge is -2.05. The number of carbonyl (C=O) groups is 1. The van der Waals surface area contributed by atoms with E-state index in [9.17, 15) is 4.79 Å². The van der Waals surface area contributed by atoms with E-state index in [1.807, 2.05) is 6.07 Å². The zero-order chi connectivity index (χ0) is 13.7. The molecule has 4 heteroatoms. The minimum Gasteiger partial charge on any atom is -0.435 e. The molecule has 0 radical (unpaired) electrons. The van der Waals surface area contributed by atoms with Gasteiger partial charge >= 0.3 is 5.97 Å². The SMILES string of the molecule is [C-]#[N+]c1ccccc1OC(=O)c1ccc(C#N)cc1. The molecule has 0 aliphatic rings. The van der Waals surface area contributed by atoms with Crippen LogP contribution in [0.1, 0.15) is 15.9 Å². The summed E-state index contributed by atoms with van der Waals surface area (Å²) in [5, 5.41) is 8.67. The molecule has 90 valence electrons. The molecule has 0 saturated heterocycles. The first kappa shape index (κ1) is 12.3. The molecule has 0 spiro atoms. The molecule has 2 aromatic rings. The van der Waals surface area contributed by atoms with Crippen molar-refractivity contribution in [1.29, 1.82) is 5.26 Å². The average molecular weight is 248 g/mol. The molecule has 0 amide bonds. The van der Waals surface area contributed by atoms with Crippen LogP contribution in [0.4, 0.5) is 5.69 Å². The first-order valence-corrected chi connectivity index (χ1v) is 5.43. The van der Waals surface area contributed by atoms with Crippen molar-refractivity contribution >= 4 is 11.7 Å². The molecule has 0 saturated carbocycles. The number of nitriles is 1. The molecule has 0 aliphatic carbocycles. The van der Waals surface area contributed by atoms with Crippen LogP contribution in [0.3, 0.4) is 0 Å². The highest BCUT2D eigenvalue weighted by Gasteiger charge is 2.11. The standard InChI is InChI=1S/C15H8N2O2/c1-17-13-4-2-3-5-14(13)19-15(18)12-8-6-11(10-16)7-9-12/h2-9H. The molecule has 0 unspecified atom stereocenters. The Labute approximate surface area is 110 Å². The maximum Gasteiger partial charge on any atom is 0.342 e. The fourth-order valence-electron chi connectivity index (χ4n) is 1.48. The normalized spacial score (nSPS) is 9.16. The van der Waals surface area contributed by atoms with Crippen LogP contribution in [0.25, 0.3) is 4.85 Å². The van der Waals surface area contributed by atoms with Gasteiger partial charge in [0, 0.05) is 0 Å².